The van der Waals surface area contributed by atoms with E-state index in [9.17, 15) is 14.4 Å². The van der Waals surface area contributed by atoms with Crippen molar-refractivity contribution in [1.82, 2.24) is 20.5 Å². The molecule has 2 fully saturated rings. The van der Waals surface area contributed by atoms with Crippen LogP contribution in [-0.2, 0) is 16.1 Å². The molecule has 4 amide bonds. The molecule has 1 saturated heterocycles. The van der Waals surface area contributed by atoms with E-state index >= 15 is 0 Å². The van der Waals surface area contributed by atoms with Gasteiger partial charge in [-0.1, -0.05) is 27.2 Å². The highest BCUT2D eigenvalue weighted by atomic mass is 32.1. The van der Waals surface area contributed by atoms with Crippen molar-refractivity contribution in [2.24, 2.45) is 11.3 Å². The van der Waals surface area contributed by atoms with Crippen molar-refractivity contribution in [2.75, 3.05) is 6.54 Å². The third-order valence-electron chi connectivity index (χ3n) is 6.51. The number of imide groups is 1. The molecule has 0 unspecified atom stereocenters. The Morgan fingerprint density at radius 3 is 2.64 bits per heavy atom. The summed E-state index contributed by atoms with van der Waals surface area (Å²) in [4.78, 5) is 43.0. The molecule has 7 nitrogen and oxygen atoms in total. The molecule has 1 aromatic heterocycles. The molecule has 0 atom stereocenters. The van der Waals surface area contributed by atoms with Crippen LogP contribution >= 0.6 is 11.3 Å². The normalized spacial score (nSPS) is 25.3. The van der Waals surface area contributed by atoms with E-state index in [1.54, 1.807) is 0 Å². The molecule has 0 bridgehead atoms. The molecule has 154 valence electrons. The first kappa shape index (κ1) is 20.8. The van der Waals surface area contributed by atoms with Crippen LogP contribution in [0.3, 0.4) is 0 Å². The second kappa shape index (κ2) is 7.81. The predicted octanol–water partition coefficient (Wildman–Crippen LogP) is 2.98. The lowest BCUT2D eigenvalue weighted by Crippen LogP contribution is -2.51. The summed E-state index contributed by atoms with van der Waals surface area (Å²) in [5.41, 5.74) is 0.317. The first-order chi connectivity index (χ1) is 13.2. The van der Waals surface area contributed by atoms with E-state index in [2.05, 4.69) is 36.4 Å². The summed E-state index contributed by atoms with van der Waals surface area (Å²) in [5.74, 6) is -0.0633. The Balaban J connectivity index is 1.57. The molecule has 1 aliphatic heterocycles. The van der Waals surface area contributed by atoms with Gasteiger partial charge in [-0.05, 0) is 43.9 Å². The topological polar surface area (TPSA) is 91.4 Å². The number of carbonyl (C=O) groups excluding carboxylic acids is 3. The molecule has 2 N–H and O–H groups in total. The van der Waals surface area contributed by atoms with Crippen LogP contribution in [-0.4, -0.2) is 39.8 Å². The number of hydrogen-bond donors (Lipinski definition) is 2. The standard InChI is InChI=1S/C20H30N4O3S/c1-5-19(3,4)14-6-8-20(9-7-14)17(26)24(18(27)23-20)11-15(25)21-10-16-22-13(2)12-28-16/h12,14H,5-11H2,1-4H3,(H,21,25)(H,23,27). The highest BCUT2D eigenvalue weighted by Gasteiger charge is 2.53. The molecule has 0 radical (unpaired) electrons. The smallest absolute Gasteiger partial charge is 0.325 e. The van der Waals surface area contributed by atoms with Gasteiger partial charge >= 0.3 is 6.03 Å². The monoisotopic (exact) mass is 406 g/mol. The first-order valence-electron chi connectivity index (χ1n) is 9.99. The summed E-state index contributed by atoms with van der Waals surface area (Å²) in [6.07, 6.45) is 4.20. The third-order valence-corrected chi connectivity index (χ3v) is 7.47. The molecule has 8 heteroatoms. The van der Waals surface area contributed by atoms with Crippen molar-refractivity contribution >= 4 is 29.2 Å². The van der Waals surface area contributed by atoms with E-state index in [0.717, 1.165) is 34.9 Å². The minimum absolute atomic E-state index is 0.237. The molecule has 1 aliphatic carbocycles. The zero-order chi connectivity index (χ0) is 20.5. The van der Waals surface area contributed by atoms with E-state index in [1.807, 2.05) is 12.3 Å². The van der Waals surface area contributed by atoms with Gasteiger partial charge in [0.1, 0.15) is 17.1 Å². The zero-order valence-corrected chi connectivity index (χ0v) is 17.9. The summed E-state index contributed by atoms with van der Waals surface area (Å²) in [6, 6.07) is -0.460. The number of aromatic nitrogens is 1. The van der Waals surface area contributed by atoms with Gasteiger partial charge in [0.05, 0.1) is 6.54 Å². The molecule has 1 saturated carbocycles. The summed E-state index contributed by atoms with van der Waals surface area (Å²) in [7, 11) is 0. The summed E-state index contributed by atoms with van der Waals surface area (Å²) in [5, 5.41) is 8.35. The van der Waals surface area contributed by atoms with Crippen LogP contribution in [0.2, 0.25) is 0 Å². The Bertz CT molecular complexity index is 765. The van der Waals surface area contributed by atoms with Crippen LogP contribution in [0, 0.1) is 18.3 Å². The van der Waals surface area contributed by atoms with Crippen LogP contribution in [0.5, 0.6) is 0 Å². The molecule has 0 aromatic carbocycles. The number of rotatable bonds is 6. The molecule has 1 aromatic rings. The number of urea groups is 1. The van der Waals surface area contributed by atoms with E-state index in [1.165, 1.54) is 11.3 Å². The van der Waals surface area contributed by atoms with Crippen LogP contribution in [0.15, 0.2) is 5.38 Å². The van der Waals surface area contributed by atoms with Crippen LogP contribution in [0.1, 0.15) is 63.6 Å². The average molecular weight is 407 g/mol. The van der Waals surface area contributed by atoms with Crippen LogP contribution in [0.4, 0.5) is 4.79 Å². The summed E-state index contributed by atoms with van der Waals surface area (Å²) < 4.78 is 0. The summed E-state index contributed by atoms with van der Waals surface area (Å²) >= 11 is 1.47. The van der Waals surface area contributed by atoms with Crippen molar-refractivity contribution in [3.63, 3.8) is 0 Å². The van der Waals surface area contributed by atoms with Gasteiger partial charge in [0.15, 0.2) is 0 Å². The number of nitrogens with one attached hydrogen (secondary N) is 2. The van der Waals surface area contributed by atoms with Gasteiger partial charge in [0.2, 0.25) is 5.91 Å². The van der Waals surface area contributed by atoms with Gasteiger partial charge in [-0.3, -0.25) is 14.5 Å². The van der Waals surface area contributed by atoms with Gasteiger partial charge < -0.3 is 10.6 Å². The number of aryl methyl sites for hydroxylation is 1. The van der Waals surface area contributed by atoms with E-state index in [-0.39, 0.29) is 23.8 Å². The first-order valence-corrected chi connectivity index (χ1v) is 10.9. The number of thiazole rings is 1. The van der Waals surface area contributed by atoms with Gasteiger partial charge in [-0.2, -0.15) is 0 Å². The van der Waals surface area contributed by atoms with Crippen molar-refractivity contribution < 1.29 is 14.4 Å². The highest BCUT2D eigenvalue weighted by Crippen LogP contribution is 2.45. The quantitative estimate of drug-likeness (QED) is 0.711. The Hall–Kier alpha value is -1.96. The van der Waals surface area contributed by atoms with E-state index in [0.29, 0.717) is 25.3 Å². The second-order valence-electron chi connectivity index (χ2n) is 8.68. The van der Waals surface area contributed by atoms with Crippen LogP contribution < -0.4 is 10.6 Å². The van der Waals surface area contributed by atoms with E-state index < -0.39 is 11.6 Å². The van der Waals surface area contributed by atoms with Crippen molar-refractivity contribution in [2.45, 2.75) is 71.9 Å². The number of hydrogen-bond acceptors (Lipinski definition) is 5. The fourth-order valence-corrected chi connectivity index (χ4v) is 4.91. The molecule has 3 rings (SSSR count). The zero-order valence-electron chi connectivity index (χ0n) is 17.1. The van der Waals surface area contributed by atoms with Gasteiger partial charge in [-0.25, -0.2) is 9.78 Å². The van der Waals surface area contributed by atoms with Crippen molar-refractivity contribution in [3.05, 3.63) is 16.1 Å². The minimum atomic E-state index is -0.829. The number of amides is 4. The minimum Gasteiger partial charge on any atom is -0.348 e. The Labute approximate surface area is 170 Å². The second-order valence-corrected chi connectivity index (χ2v) is 9.62. The molecular formula is C20H30N4O3S. The average Bonchev–Trinajstić information content (AvgIpc) is 3.17. The number of nitrogens with zero attached hydrogens (tertiary/aromatic N) is 2. The number of carbonyl (C=O) groups is 3. The summed E-state index contributed by atoms with van der Waals surface area (Å²) in [6.45, 7) is 8.68. The third kappa shape index (κ3) is 4.06. The van der Waals surface area contributed by atoms with Gasteiger partial charge in [-0.15, -0.1) is 11.3 Å². The highest BCUT2D eigenvalue weighted by molar-refractivity contribution is 7.09. The lowest BCUT2D eigenvalue weighted by molar-refractivity contribution is -0.136. The maximum Gasteiger partial charge on any atom is 0.325 e. The lowest BCUT2D eigenvalue weighted by Gasteiger charge is -2.42. The van der Waals surface area contributed by atoms with Crippen molar-refractivity contribution in [3.8, 4) is 0 Å². The Morgan fingerprint density at radius 2 is 2.07 bits per heavy atom. The predicted molar refractivity (Wildman–Crippen MR) is 108 cm³/mol. The van der Waals surface area contributed by atoms with Gasteiger partial charge in [0, 0.05) is 11.1 Å². The van der Waals surface area contributed by atoms with Gasteiger partial charge in [0.25, 0.3) is 5.91 Å². The molecular weight excluding hydrogens is 376 g/mol. The molecule has 1 spiro atoms. The lowest BCUT2D eigenvalue weighted by atomic mass is 9.65. The fraction of sp³-hybridized carbons (Fsp3) is 0.700. The maximum absolute atomic E-state index is 13.0. The largest absolute Gasteiger partial charge is 0.348 e. The molecule has 28 heavy (non-hydrogen) atoms. The SMILES string of the molecule is CCC(C)(C)C1CCC2(CC1)NC(=O)N(CC(=O)NCc1nc(C)cs1)C2=O. The van der Waals surface area contributed by atoms with E-state index in [4.69, 9.17) is 0 Å². The maximum atomic E-state index is 13.0. The van der Waals surface area contributed by atoms with Crippen molar-refractivity contribution in [1.29, 1.82) is 0 Å². The molecule has 2 aliphatic rings. The molecule has 2 heterocycles. The van der Waals surface area contributed by atoms with Crippen LogP contribution in [0.25, 0.3) is 0 Å². The Kier molecular flexibility index (Phi) is 5.79. The Morgan fingerprint density at radius 1 is 1.39 bits per heavy atom. The fourth-order valence-electron chi connectivity index (χ4n) is 4.20.